The first-order chi connectivity index (χ1) is 6.33. The Morgan fingerprint density at radius 3 is 2.69 bits per heavy atom. The minimum absolute atomic E-state index is 0.156. The predicted octanol–water partition coefficient (Wildman–Crippen LogP) is 2.01. The van der Waals surface area contributed by atoms with Crippen LogP contribution in [-0.4, -0.2) is 12.6 Å². The number of urea groups is 1. The molecule has 0 saturated heterocycles. The molecule has 0 bridgehead atoms. The minimum atomic E-state index is -0.156. The van der Waals surface area contributed by atoms with Gasteiger partial charge in [0.25, 0.3) is 0 Å². The van der Waals surface area contributed by atoms with Crippen molar-refractivity contribution in [3.8, 4) is 0 Å². The number of hydrogen-bond acceptors (Lipinski definition) is 2. The Morgan fingerprint density at radius 1 is 1.38 bits per heavy atom. The van der Waals surface area contributed by atoms with Crippen molar-refractivity contribution in [1.82, 2.24) is 10.0 Å². The highest BCUT2D eigenvalue weighted by molar-refractivity contribution is 7.98. The molecular formula is C9H12N2OS. The molecule has 0 saturated carbocycles. The van der Waals surface area contributed by atoms with E-state index in [0.29, 0.717) is 6.54 Å². The van der Waals surface area contributed by atoms with Gasteiger partial charge in [-0.25, -0.2) is 4.79 Å². The molecule has 0 heterocycles. The summed E-state index contributed by atoms with van der Waals surface area (Å²) in [5.41, 5.74) is 0. The van der Waals surface area contributed by atoms with Gasteiger partial charge < -0.3 is 5.32 Å². The van der Waals surface area contributed by atoms with Crippen LogP contribution in [0, 0.1) is 0 Å². The summed E-state index contributed by atoms with van der Waals surface area (Å²) in [4.78, 5) is 12.0. The summed E-state index contributed by atoms with van der Waals surface area (Å²) in [5, 5.41) is 2.64. The summed E-state index contributed by atoms with van der Waals surface area (Å²) in [6.45, 7) is 2.52. The van der Waals surface area contributed by atoms with Gasteiger partial charge in [0.05, 0.1) is 0 Å². The molecule has 0 aromatic heterocycles. The first-order valence-electron chi connectivity index (χ1n) is 4.08. The van der Waals surface area contributed by atoms with Crippen molar-refractivity contribution in [2.45, 2.75) is 11.8 Å². The van der Waals surface area contributed by atoms with E-state index in [2.05, 4.69) is 10.0 Å². The number of nitrogens with one attached hydrogen (secondary N) is 2. The zero-order chi connectivity index (χ0) is 9.52. The Kier molecular flexibility index (Phi) is 4.18. The number of carbonyl (C=O) groups excluding carboxylic acids is 1. The topological polar surface area (TPSA) is 41.1 Å². The molecule has 0 atom stereocenters. The quantitative estimate of drug-likeness (QED) is 0.726. The molecule has 0 radical (unpaired) electrons. The Hall–Kier alpha value is -1.16. The first-order valence-corrected chi connectivity index (χ1v) is 4.90. The summed E-state index contributed by atoms with van der Waals surface area (Å²) < 4.78 is 2.67. The zero-order valence-electron chi connectivity index (χ0n) is 7.41. The van der Waals surface area contributed by atoms with Gasteiger partial charge in [0, 0.05) is 11.4 Å². The summed E-state index contributed by atoms with van der Waals surface area (Å²) >= 11 is 1.31. The fourth-order valence-electron chi connectivity index (χ4n) is 0.790. The lowest BCUT2D eigenvalue weighted by Gasteiger charge is -2.03. The second-order valence-electron chi connectivity index (χ2n) is 2.38. The predicted molar refractivity (Wildman–Crippen MR) is 54.5 cm³/mol. The summed E-state index contributed by atoms with van der Waals surface area (Å²) in [6, 6.07) is 9.53. The average Bonchev–Trinajstić information content (AvgIpc) is 2.17. The van der Waals surface area contributed by atoms with Crippen molar-refractivity contribution in [3.05, 3.63) is 30.3 Å². The van der Waals surface area contributed by atoms with Crippen LogP contribution in [0.2, 0.25) is 0 Å². The van der Waals surface area contributed by atoms with Crippen molar-refractivity contribution < 1.29 is 4.79 Å². The van der Waals surface area contributed by atoms with Crippen molar-refractivity contribution in [3.63, 3.8) is 0 Å². The molecule has 0 aliphatic rings. The molecule has 13 heavy (non-hydrogen) atoms. The Labute approximate surface area is 82.0 Å². The summed E-state index contributed by atoms with van der Waals surface area (Å²) in [6.07, 6.45) is 0. The van der Waals surface area contributed by atoms with E-state index in [1.54, 1.807) is 0 Å². The maximum absolute atomic E-state index is 11.0. The molecule has 0 unspecified atom stereocenters. The Morgan fingerprint density at radius 2 is 2.08 bits per heavy atom. The Bertz CT molecular complexity index is 264. The third kappa shape index (κ3) is 3.85. The van der Waals surface area contributed by atoms with Gasteiger partial charge in [-0.1, -0.05) is 18.2 Å². The maximum Gasteiger partial charge on any atom is 0.325 e. The van der Waals surface area contributed by atoms with Gasteiger partial charge in [0.2, 0.25) is 0 Å². The highest BCUT2D eigenvalue weighted by atomic mass is 32.2. The fraction of sp³-hybridized carbons (Fsp3) is 0.222. The monoisotopic (exact) mass is 196 g/mol. The lowest BCUT2D eigenvalue weighted by molar-refractivity contribution is 0.247. The van der Waals surface area contributed by atoms with Crippen LogP contribution in [0.25, 0.3) is 0 Å². The lowest BCUT2D eigenvalue weighted by Crippen LogP contribution is -2.30. The number of amides is 2. The van der Waals surface area contributed by atoms with E-state index in [1.165, 1.54) is 11.9 Å². The van der Waals surface area contributed by atoms with Crippen LogP contribution in [0.3, 0.4) is 0 Å². The molecule has 3 nitrogen and oxygen atoms in total. The van der Waals surface area contributed by atoms with Crippen LogP contribution in [-0.2, 0) is 0 Å². The van der Waals surface area contributed by atoms with E-state index in [4.69, 9.17) is 0 Å². The third-order valence-corrected chi connectivity index (χ3v) is 2.14. The smallest absolute Gasteiger partial charge is 0.325 e. The van der Waals surface area contributed by atoms with E-state index in [-0.39, 0.29) is 6.03 Å². The molecule has 0 aliphatic carbocycles. The van der Waals surface area contributed by atoms with Crippen LogP contribution in [0.4, 0.5) is 4.79 Å². The Balaban J connectivity index is 2.31. The highest BCUT2D eigenvalue weighted by Crippen LogP contribution is 2.12. The van der Waals surface area contributed by atoms with Crippen molar-refractivity contribution in [1.29, 1.82) is 0 Å². The number of benzene rings is 1. The number of carbonyl (C=O) groups is 1. The van der Waals surface area contributed by atoms with E-state index in [1.807, 2.05) is 37.3 Å². The molecule has 0 spiro atoms. The lowest BCUT2D eigenvalue weighted by atomic mass is 10.4. The fourth-order valence-corrected chi connectivity index (χ4v) is 1.37. The standard InChI is InChI=1S/C9H12N2OS/c1-2-10-9(12)11-13-8-6-4-3-5-7-8/h3-7H,2H2,1H3,(H2,10,11,12). The average molecular weight is 196 g/mol. The van der Waals surface area contributed by atoms with Gasteiger partial charge in [-0.3, -0.25) is 4.72 Å². The zero-order valence-corrected chi connectivity index (χ0v) is 8.23. The maximum atomic E-state index is 11.0. The van der Waals surface area contributed by atoms with Crippen LogP contribution in [0.1, 0.15) is 6.92 Å². The van der Waals surface area contributed by atoms with Gasteiger partial charge in [-0.2, -0.15) is 0 Å². The second-order valence-corrected chi connectivity index (χ2v) is 3.26. The SMILES string of the molecule is CCNC(=O)NSc1ccccc1. The van der Waals surface area contributed by atoms with Crippen molar-refractivity contribution in [2.24, 2.45) is 0 Å². The molecule has 2 N–H and O–H groups in total. The van der Waals surface area contributed by atoms with Gasteiger partial charge in [-0.15, -0.1) is 0 Å². The van der Waals surface area contributed by atoms with Crippen LogP contribution < -0.4 is 10.0 Å². The first kappa shape index (κ1) is 9.92. The molecule has 2 amide bonds. The van der Waals surface area contributed by atoms with Gasteiger partial charge in [0.1, 0.15) is 0 Å². The molecule has 70 valence electrons. The van der Waals surface area contributed by atoms with Crippen molar-refractivity contribution >= 4 is 18.0 Å². The van der Waals surface area contributed by atoms with Gasteiger partial charge >= 0.3 is 6.03 Å². The van der Waals surface area contributed by atoms with Crippen LogP contribution in [0.5, 0.6) is 0 Å². The van der Waals surface area contributed by atoms with E-state index in [9.17, 15) is 4.79 Å². The van der Waals surface area contributed by atoms with E-state index >= 15 is 0 Å². The molecule has 1 aromatic rings. The van der Waals surface area contributed by atoms with Crippen LogP contribution >= 0.6 is 11.9 Å². The van der Waals surface area contributed by atoms with E-state index in [0.717, 1.165) is 4.90 Å². The normalized spacial score (nSPS) is 9.31. The molecule has 0 aliphatic heterocycles. The van der Waals surface area contributed by atoms with E-state index < -0.39 is 0 Å². The number of rotatable bonds is 3. The van der Waals surface area contributed by atoms with Crippen molar-refractivity contribution in [2.75, 3.05) is 6.54 Å². The second kappa shape index (κ2) is 5.48. The molecule has 1 rings (SSSR count). The summed E-state index contributed by atoms with van der Waals surface area (Å²) in [5.74, 6) is 0. The highest BCUT2D eigenvalue weighted by Gasteiger charge is 1.97. The number of hydrogen-bond donors (Lipinski definition) is 2. The molecular weight excluding hydrogens is 184 g/mol. The van der Waals surface area contributed by atoms with Gasteiger partial charge in [-0.05, 0) is 31.0 Å². The molecule has 0 fully saturated rings. The van der Waals surface area contributed by atoms with Crippen LogP contribution in [0.15, 0.2) is 35.2 Å². The third-order valence-electron chi connectivity index (χ3n) is 1.34. The minimum Gasteiger partial charge on any atom is -0.338 e. The summed E-state index contributed by atoms with van der Waals surface area (Å²) in [7, 11) is 0. The van der Waals surface area contributed by atoms with Gasteiger partial charge in [0.15, 0.2) is 0 Å². The molecule has 1 aromatic carbocycles. The largest absolute Gasteiger partial charge is 0.338 e. The molecule has 4 heteroatoms.